The van der Waals surface area contributed by atoms with Crippen LogP contribution >= 0.6 is 0 Å². The molecule has 2 nitrogen and oxygen atoms in total. The van der Waals surface area contributed by atoms with Gasteiger partial charge in [-0.3, -0.25) is 0 Å². The second kappa shape index (κ2) is 6.88. The van der Waals surface area contributed by atoms with Crippen molar-refractivity contribution < 1.29 is 4.74 Å². The van der Waals surface area contributed by atoms with E-state index in [1.807, 2.05) is 0 Å². The van der Waals surface area contributed by atoms with Crippen molar-refractivity contribution in [3.05, 3.63) is 114 Å². The third-order valence-corrected chi connectivity index (χ3v) is 6.59. The number of hydrogen-bond acceptors (Lipinski definition) is 2. The molecule has 2 heteroatoms. The zero-order valence-corrected chi connectivity index (χ0v) is 17.7. The van der Waals surface area contributed by atoms with Crippen LogP contribution in [-0.4, -0.2) is 14.2 Å². The lowest BCUT2D eigenvalue weighted by molar-refractivity contribution is 0.415. The fourth-order valence-electron chi connectivity index (χ4n) is 5.21. The standard InChI is InChI=1S/C29H23NO/c1-30-28-23-11-7-6-8-19(23)12-15-25(28)27(20-9-4-3-5-10-20)26-16-13-21-18-22(31-2)14-17-24(21)29(26)30/h3-18,27H,1-2H3. The van der Waals surface area contributed by atoms with Crippen LogP contribution in [0.3, 0.4) is 0 Å². The van der Waals surface area contributed by atoms with Crippen LogP contribution in [0, 0.1) is 0 Å². The normalized spacial score (nSPS) is 15.0. The van der Waals surface area contributed by atoms with Crippen molar-refractivity contribution in [2.75, 3.05) is 19.1 Å². The van der Waals surface area contributed by atoms with E-state index in [9.17, 15) is 0 Å². The van der Waals surface area contributed by atoms with Crippen LogP contribution < -0.4 is 9.64 Å². The van der Waals surface area contributed by atoms with Gasteiger partial charge >= 0.3 is 0 Å². The Kier molecular flexibility index (Phi) is 4.00. The van der Waals surface area contributed by atoms with Crippen LogP contribution in [-0.2, 0) is 0 Å². The number of anilines is 2. The van der Waals surface area contributed by atoms with E-state index in [0.717, 1.165) is 5.75 Å². The molecular formula is C29H23NO. The molecule has 0 bridgehead atoms. The van der Waals surface area contributed by atoms with Crippen LogP contribution in [0.15, 0.2) is 97.1 Å². The molecule has 0 saturated carbocycles. The molecule has 0 amide bonds. The summed E-state index contributed by atoms with van der Waals surface area (Å²) in [4.78, 5) is 2.39. The van der Waals surface area contributed by atoms with E-state index in [1.165, 1.54) is 49.6 Å². The van der Waals surface area contributed by atoms with Crippen molar-refractivity contribution in [1.29, 1.82) is 0 Å². The first-order chi connectivity index (χ1) is 15.3. The lowest BCUT2D eigenvalue weighted by Gasteiger charge is -2.37. The number of rotatable bonds is 2. The van der Waals surface area contributed by atoms with Gasteiger partial charge in [0.15, 0.2) is 0 Å². The van der Waals surface area contributed by atoms with Crippen molar-refractivity contribution in [2.45, 2.75) is 5.92 Å². The summed E-state index contributed by atoms with van der Waals surface area (Å²) in [5, 5.41) is 5.01. The molecule has 31 heavy (non-hydrogen) atoms. The molecule has 1 unspecified atom stereocenters. The minimum absolute atomic E-state index is 0.193. The molecule has 1 aliphatic rings. The molecule has 0 aromatic heterocycles. The van der Waals surface area contributed by atoms with Crippen molar-refractivity contribution in [1.82, 2.24) is 0 Å². The SMILES string of the molecule is COc1ccc2c3c(ccc2c1)C(c1ccccc1)c1ccc2ccccc2c1N3C. The Morgan fingerprint density at radius 3 is 2.03 bits per heavy atom. The topological polar surface area (TPSA) is 12.5 Å². The average Bonchev–Trinajstić information content (AvgIpc) is 2.83. The molecule has 0 aliphatic carbocycles. The lowest BCUT2D eigenvalue weighted by Crippen LogP contribution is -2.23. The number of methoxy groups -OCH3 is 1. The summed E-state index contributed by atoms with van der Waals surface area (Å²) >= 11 is 0. The molecule has 1 aliphatic heterocycles. The third kappa shape index (κ3) is 2.65. The Bertz CT molecular complexity index is 1440. The monoisotopic (exact) mass is 401 g/mol. The van der Waals surface area contributed by atoms with E-state index in [2.05, 4.69) is 109 Å². The van der Waals surface area contributed by atoms with E-state index >= 15 is 0 Å². The van der Waals surface area contributed by atoms with Gasteiger partial charge < -0.3 is 9.64 Å². The molecule has 5 aromatic carbocycles. The Morgan fingerprint density at radius 2 is 1.29 bits per heavy atom. The summed E-state index contributed by atoms with van der Waals surface area (Å²) in [7, 11) is 3.93. The predicted molar refractivity (Wildman–Crippen MR) is 130 cm³/mol. The van der Waals surface area contributed by atoms with Crippen molar-refractivity contribution in [3.63, 3.8) is 0 Å². The van der Waals surface area contributed by atoms with Gasteiger partial charge in [0.2, 0.25) is 0 Å². The zero-order valence-electron chi connectivity index (χ0n) is 17.7. The summed E-state index contributed by atoms with van der Waals surface area (Å²) in [5.41, 5.74) is 6.59. The highest BCUT2D eigenvalue weighted by Gasteiger charge is 2.32. The van der Waals surface area contributed by atoms with Gasteiger partial charge in [-0.05, 0) is 45.7 Å². The molecular weight excluding hydrogens is 378 g/mol. The highest BCUT2D eigenvalue weighted by molar-refractivity contribution is 6.06. The van der Waals surface area contributed by atoms with Crippen LogP contribution in [0.4, 0.5) is 11.4 Å². The van der Waals surface area contributed by atoms with Gasteiger partial charge in [-0.1, -0.05) is 78.9 Å². The highest BCUT2D eigenvalue weighted by atomic mass is 16.5. The third-order valence-electron chi connectivity index (χ3n) is 6.59. The fourth-order valence-corrected chi connectivity index (χ4v) is 5.21. The minimum Gasteiger partial charge on any atom is -0.497 e. The van der Waals surface area contributed by atoms with Crippen LogP contribution in [0.5, 0.6) is 5.75 Å². The number of ether oxygens (including phenoxy) is 1. The van der Waals surface area contributed by atoms with Crippen molar-refractivity contribution >= 4 is 32.9 Å². The number of fused-ring (bicyclic) bond motifs is 6. The van der Waals surface area contributed by atoms with Gasteiger partial charge in [0.25, 0.3) is 0 Å². The lowest BCUT2D eigenvalue weighted by atomic mass is 9.78. The molecule has 1 heterocycles. The molecule has 1 atom stereocenters. The van der Waals surface area contributed by atoms with Crippen molar-refractivity contribution in [3.8, 4) is 5.75 Å². The minimum atomic E-state index is 0.193. The Labute approximate surface area is 182 Å². The number of hydrogen-bond donors (Lipinski definition) is 0. The zero-order chi connectivity index (χ0) is 20.9. The van der Waals surface area contributed by atoms with E-state index in [0.29, 0.717) is 0 Å². The molecule has 0 N–H and O–H groups in total. The van der Waals surface area contributed by atoms with E-state index in [-0.39, 0.29) is 5.92 Å². The van der Waals surface area contributed by atoms with E-state index in [1.54, 1.807) is 7.11 Å². The largest absolute Gasteiger partial charge is 0.497 e. The summed E-state index contributed by atoms with van der Waals surface area (Å²) in [6.07, 6.45) is 0. The van der Waals surface area contributed by atoms with E-state index in [4.69, 9.17) is 4.74 Å². The molecule has 5 aromatic rings. The maximum absolute atomic E-state index is 5.48. The van der Waals surface area contributed by atoms with Gasteiger partial charge in [0.05, 0.1) is 18.5 Å². The van der Waals surface area contributed by atoms with Gasteiger partial charge in [0.1, 0.15) is 5.75 Å². The Balaban J connectivity index is 1.72. The van der Waals surface area contributed by atoms with E-state index < -0.39 is 0 Å². The predicted octanol–water partition coefficient (Wildman–Crippen LogP) is 7.26. The molecule has 0 radical (unpaired) electrons. The second-order valence-corrected chi connectivity index (χ2v) is 8.22. The molecule has 0 fully saturated rings. The second-order valence-electron chi connectivity index (χ2n) is 8.22. The quantitative estimate of drug-likeness (QED) is 0.308. The summed E-state index contributed by atoms with van der Waals surface area (Å²) < 4.78 is 5.48. The smallest absolute Gasteiger partial charge is 0.119 e. The van der Waals surface area contributed by atoms with Gasteiger partial charge in [-0.15, -0.1) is 0 Å². The van der Waals surface area contributed by atoms with Crippen molar-refractivity contribution in [2.24, 2.45) is 0 Å². The van der Waals surface area contributed by atoms with Crippen LogP contribution in [0.2, 0.25) is 0 Å². The molecule has 0 saturated heterocycles. The van der Waals surface area contributed by atoms with Crippen LogP contribution in [0.1, 0.15) is 22.6 Å². The first kappa shape index (κ1) is 18.0. The first-order valence-electron chi connectivity index (χ1n) is 10.7. The molecule has 0 spiro atoms. The van der Waals surface area contributed by atoms with Gasteiger partial charge in [-0.2, -0.15) is 0 Å². The average molecular weight is 402 g/mol. The number of benzene rings is 5. The van der Waals surface area contributed by atoms with Gasteiger partial charge in [0, 0.05) is 23.7 Å². The highest BCUT2D eigenvalue weighted by Crippen LogP contribution is 2.52. The Hall–Kier alpha value is -3.78. The Morgan fingerprint density at radius 1 is 0.645 bits per heavy atom. The summed E-state index contributed by atoms with van der Waals surface area (Å²) in [6.45, 7) is 0. The molecule has 150 valence electrons. The fraction of sp³-hybridized carbons (Fsp3) is 0.103. The first-order valence-corrected chi connectivity index (χ1v) is 10.7. The van der Waals surface area contributed by atoms with Gasteiger partial charge in [-0.25, -0.2) is 0 Å². The molecule has 6 rings (SSSR count). The summed E-state index contributed by atoms with van der Waals surface area (Å²) in [5.74, 6) is 1.08. The maximum Gasteiger partial charge on any atom is 0.119 e. The summed E-state index contributed by atoms with van der Waals surface area (Å²) in [6, 6.07) is 35.0. The number of nitrogens with zero attached hydrogens (tertiary/aromatic N) is 1. The van der Waals surface area contributed by atoms with Crippen LogP contribution in [0.25, 0.3) is 21.5 Å². The maximum atomic E-state index is 5.48.